The SMILES string of the molecule is Cc1nn(-c2ccccc2)c2c1[C@@H](c1coc3c(CSc4ncccn4)cc(Cl)cc3c1=O)N1C(=N2)N(Cc2ccccc2)c2ccccc21. The number of guanidine groups is 1. The highest BCUT2D eigenvalue weighted by Crippen LogP contribution is 2.50. The van der Waals surface area contributed by atoms with Gasteiger partial charge in [-0.1, -0.05) is 84.0 Å². The molecule has 4 aromatic carbocycles. The van der Waals surface area contributed by atoms with Crippen LogP contribution < -0.4 is 15.2 Å². The Kier molecular flexibility index (Phi) is 7.48. The van der Waals surface area contributed by atoms with Gasteiger partial charge in [-0.15, -0.1) is 0 Å². The number of benzene rings is 4. The highest BCUT2D eigenvalue weighted by molar-refractivity contribution is 7.98. The molecule has 0 fully saturated rings. The van der Waals surface area contributed by atoms with E-state index in [9.17, 15) is 4.79 Å². The van der Waals surface area contributed by atoms with Crippen LogP contribution >= 0.6 is 23.4 Å². The summed E-state index contributed by atoms with van der Waals surface area (Å²) in [6.45, 7) is 2.55. The summed E-state index contributed by atoms with van der Waals surface area (Å²) < 4.78 is 8.30. The second kappa shape index (κ2) is 12.3. The lowest BCUT2D eigenvalue weighted by Crippen LogP contribution is -2.44. The van der Waals surface area contributed by atoms with E-state index in [-0.39, 0.29) is 5.43 Å². The van der Waals surface area contributed by atoms with Crippen LogP contribution in [0.5, 0.6) is 0 Å². The Morgan fingerprint density at radius 1 is 0.880 bits per heavy atom. The molecule has 9 nitrogen and oxygen atoms in total. The Bertz CT molecular complexity index is 2490. The van der Waals surface area contributed by atoms with Crippen molar-refractivity contribution in [3.8, 4) is 5.69 Å². The fourth-order valence-corrected chi connectivity index (χ4v) is 7.85. The van der Waals surface area contributed by atoms with Crippen molar-refractivity contribution in [2.45, 2.75) is 30.4 Å². The normalized spacial score (nSPS) is 14.8. The Labute approximate surface area is 296 Å². The zero-order chi connectivity index (χ0) is 33.8. The molecule has 3 aromatic heterocycles. The lowest BCUT2D eigenvalue weighted by atomic mass is 9.95. The minimum Gasteiger partial charge on any atom is -0.463 e. The zero-order valence-electron chi connectivity index (χ0n) is 26.8. The van der Waals surface area contributed by atoms with Crippen LogP contribution in [0.1, 0.15) is 34.0 Å². The van der Waals surface area contributed by atoms with E-state index in [0.717, 1.165) is 39.4 Å². The van der Waals surface area contributed by atoms with Gasteiger partial charge in [0.15, 0.2) is 16.4 Å². The molecule has 2 aliphatic heterocycles. The maximum atomic E-state index is 14.8. The first kappa shape index (κ1) is 30.4. The Morgan fingerprint density at radius 3 is 2.38 bits per heavy atom. The highest BCUT2D eigenvalue weighted by atomic mass is 35.5. The Morgan fingerprint density at radius 2 is 1.60 bits per heavy atom. The van der Waals surface area contributed by atoms with Gasteiger partial charge in [-0.05, 0) is 55.0 Å². The molecule has 0 radical (unpaired) electrons. The first-order chi connectivity index (χ1) is 24.5. The van der Waals surface area contributed by atoms with Crippen molar-refractivity contribution in [3.63, 3.8) is 0 Å². The molecule has 7 aromatic rings. The highest BCUT2D eigenvalue weighted by Gasteiger charge is 2.45. The number of para-hydroxylation sites is 3. The first-order valence-electron chi connectivity index (χ1n) is 16.1. The van der Waals surface area contributed by atoms with Crippen molar-refractivity contribution in [2.75, 3.05) is 9.80 Å². The lowest BCUT2D eigenvalue weighted by molar-refractivity contribution is 0.583. The molecule has 50 heavy (non-hydrogen) atoms. The number of nitrogens with zero attached hydrogens (tertiary/aromatic N) is 7. The third-order valence-electron chi connectivity index (χ3n) is 9.03. The van der Waals surface area contributed by atoms with Crippen molar-refractivity contribution in [2.24, 2.45) is 4.99 Å². The van der Waals surface area contributed by atoms with Crippen molar-refractivity contribution < 1.29 is 4.42 Å². The van der Waals surface area contributed by atoms with Gasteiger partial charge in [0.25, 0.3) is 0 Å². The summed E-state index contributed by atoms with van der Waals surface area (Å²) in [5, 5.41) is 6.48. The molecular formula is C39H28ClN7O2S. The molecule has 0 N–H and O–H groups in total. The van der Waals surface area contributed by atoms with E-state index >= 15 is 0 Å². The van der Waals surface area contributed by atoms with Gasteiger partial charge in [-0.2, -0.15) is 10.1 Å². The number of halogens is 1. The van der Waals surface area contributed by atoms with Crippen LogP contribution in [0.3, 0.4) is 0 Å². The standard InChI is InChI=1S/C39H28ClN7O2S/c1-24-33-34(30-22-49-36-26(19-27(40)20-29(36)35(30)48)23-50-38-41-17-10-18-42-38)46-32-16-9-8-15-31(32)45(21-25-11-4-2-5-12-25)39(46)43-37(33)47(44-24)28-13-6-3-7-14-28/h2-20,22,34H,21,23H2,1H3/t34-/m1/s1. The number of aliphatic imine (C=N–C) groups is 1. The molecule has 0 amide bonds. The number of fused-ring (bicyclic) bond motifs is 5. The number of rotatable bonds is 7. The van der Waals surface area contributed by atoms with Gasteiger partial charge in [0, 0.05) is 34.3 Å². The number of anilines is 2. The van der Waals surface area contributed by atoms with Gasteiger partial charge in [0.1, 0.15) is 11.8 Å². The van der Waals surface area contributed by atoms with Crippen molar-refractivity contribution in [1.82, 2.24) is 19.7 Å². The summed E-state index contributed by atoms with van der Waals surface area (Å²) >= 11 is 8.13. The van der Waals surface area contributed by atoms with Crippen molar-refractivity contribution in [1.29, 1.82) is 0 Å². The molecule has 0 unspecified atom stereocenters. The minimum atomic E-state index is -0.591. The minimum absolute atomic E-state index is 0.168. The number of hydrogen-bond donors (Lipinski definition) is 0. The third-order valence-corrected chi connectivity index (χ3v) is 10.2. The van der Waals surface area contributed by atoms with Crippen LogP contribution in [0, 0.1) is 6.92 Å². The molecule has 5 heterocycles. The van der Waals surface area contributed by atoms with Crippen LogP contribution in [0.15, 0.2) is 141 Å². The largest absolute Gasteiger partial charge is 0.463 e. The van der Waals surface area contributed by atoms with Crippen LogP contribution in [0.25, 0.3) is 16.7 Å². The van der Waals surface area contributed by atoms with Crippen LogP contribution in [0.2, 0.25) is 5.02 Å². The van der Waals surface area contributed by atoms with E-state index < -0.39 is 6.04 Å². The third kappa shape index (κ3) is 5.07. The Hall–Kier alpha value is -5.71. The topological polar surface area (TPSA) is 92.6 Å². The summed E-state index contributed by atoms with van der Waals surface area (Å²) in [6, 6.07) is 33.2. The molecule has 0 bridgehead atoms. The van der Waals surface area contributed by atoms with Gasteiger partial charge < -0.3 is 9.32 Å². The van der Waals surface area contributed by atoms with Gasteiger partial charge in [-0.3, -0.25) is 9.69 Å². The van der Waals surface area contributed by atoms with Crippen molar-refractivity contribution in [3.05, 3.63) is 165 Å². The monoisotopic (exact) mass is 693 g/mol. The number of aryl methyl sites for hydroxylation is 1. The van der Waals surface area contributed by atoms with E-state index in [1.165, 1.54) is 11.8 Å². The maximum absolute atomic E-state index is 14.8. The quantitative estimate of drug-likeness (QED) is 0.121. The van der Waals surface area contributed by atoms with Crippen molar-refractivity contribution >= 4 is 57.5 Å². The molecule has 0 spiro atoms. The summed E-state index contributed by atoms with van der Waals surface area (Å²) in [6.07, 6.45) is 5.01. The van der Waals surface area contributed by atoms with Gasteiger partial charge in [0.2, 0.25) is 5.96 Å². The molecule has 0 aliphatic carbocycles. The van der Waals surface area contributed by atoms with Crippen LogP contribution in [-0.2, 0) is 12.3 Å². The lowest BCUT2D eigenvalue weighted by Gasteiger charge is -2.34. The molecule has 0 saturated heterocycles. The molecular weight excluding hydrogens is 666 g/mol. The summed E-state index contributed by atoms with van der Waals surface area (Å²) in [5.41, 5.74) is 7.11. The second-order valence-corrected chi connectivity index (χ2v) is 13.5. The first-order valence-corrected chi connectivity index (χ1v) is 17.5. The summed E-state index contributed by atoms with van der Waals surface area (Å²) in [5.74, 6) is 1.85. The molecule has 0 saturated carbocycles. The predicted octanol–water partition coefficient (Wildman–Crippen LogP) is 8.64. The smallest absolute Gasteiger partial charge is 0.213 e. The number of hydrogen-bond acceptors (Lipinski definition) is 9. The van der Waals surface area contributed by atoms with Gasteiger partial charge in [-0.25, -0.2) is 14.6 Å². The molecule has 1 atom stereocenters. The van der Waals surface area contributed by atoms with Crippen LogP contribution in [-0.4, -0.2) is 25.7 Å². The second-order valence-electron chi connectivity index (χ2n) is 12.1. The average Bonchev–Trinajstić information content (AvgIpc) is 3.65. The van der Waals surface area contributed by atoms with Crippen LogP contribution in [0.4, 0.5) is 17.2 Å². The maximum Gasteiger partial charge on any atom is 0.213 e. The molecule has 244 valence electrons. The Balaban J connectivity index is 1.25. The van der Waals surface area contributed by atoms with E-state index in [0.29, 0.717) is 50.8 Å². The molecule has 2 aliphatic rings. The summed E-state index contributed by atoms with van der Waals surface area (Å²) in [4.78, 5) is 33.2. The fourth-order valence-electron chi connectivity index (χ4n) is 6.84. The molecule has 11 heteroatoms. The van der Waals surface area contributed by atoms with E-state index in [2.05, 4.69) is 44.0 Å². The van der Waals surface area contributed by atoms with Gasteiger partial charge in [0.05, 0.1) is 46.3 Å². The number of aromatic nitrogens is 4. The van der Waals surface area contributed by atoms with E-state index in [1.807, 2.05) is 78.3 Å². The molecule has 9 rings (SSSR count). The average molecular weight is 694 g/mol. The number of thioether (sulfide) groups is 1. The summed E-state index contributed by atoms with van der Waals surface area (Å²) in [7, 11) is 0. The van der Waals surface area contributed by atoms with E-state index in [4.69, 9.17) is 26.1 Å². The fraction of sp³-hybridized carbons (Fsp3) is 0.103. The van der Waals surface area contributed by atoms with E-state index in [1.54, 1.807) is 30.8 Å². The zero-order valence-corrected chi connectivity index (χ0v) is 28.3. The predicted molar refractivity (Wildman–Crippen MR) is 198 cm³/mol. The van der Waals surface area contributed by atoms with Gasteiger partial charge >= 0.3 is 0 Å².